The van der Waals surface area contributed by atoms with Gasteiger partial charge < -0.3 is 10.6 Å². The summed E-state index contributed by atoms with van der Waals surface area (Å²) in [6.45, 7) is 10.2. The first-order valence-corrected chi connectivity index (χ1v) is 12.9. The summed E-state index contributed by atoms with van der Waals surface area (Å²) >= 11 is 0. The quantitative estimate of drug-likeness (QED) is 0.226. The van der Waals surface area contributed by atoms with Gasteiger partial charge in [-0.05, 0) is 25.7 Å². The predicted molar refractivity (Wildman–Crippen MR) is 130 cm³/mol. The fraction of sp³-hybridized carbons (Fsp3) is 0.885. The van der Waals surface area contributed by atoms with Crippen molar-refractivity contribution in [2.24, 2.45) is 5.92 Å². The number of Topliss-reactive ketones (excluding diaryl/α,β-unsaturated/α-hetero) is 1. The molecule has 2 amide bonds. The van der Waals surface area contributed by atoms with Gasteiger partial charge in [-0.25, -0.2) is 0 Å². The minimum Gasteiger partial charge on any atom is -0.353 e. The van der Waals surface area contributed by atoms with Gasteiger partial charge in [0.05, 0.1) is 0 Å². The summed E-state index contributed by atoms with van der Waals surface area (Å²) in [5.74, 6) is 0.476. The number of rotatable bonds is 20. The molecule has 5 heteroatoms. The average Bonchev–Trinajstić information content (AvgIpc) is 2.67. The average molecular weight is 439 g/mol. The Morgan fingerprint density at radius 1 is 0.613 bits per heavy atom. The first-order valence-electron chi connectivity index (χ1n) is 12.9. The lowest BCUT2D eigenvalue weighted by Gasteiger charge is -2.22. The van der Waals surface area contributed by atoms with E-state index in [-0.39, 0.29) is 29.7 Å². The molecule has 31 heavy (non-hydrogen) atoms. The third-order valence-electron chi connectivity index (χ3n) is 5.84. The molecular formula is C26H50N2O3. The van der Waals surface area contributed by atoms with Crippen molar-refractivity contribution in [1.29, 1.82) is 0 Å². The van der Waals surface area contributed by atoms with E-state index in [2.05, 4.69) is 38.3 Å². The van der Waals surface area contributed by atoms with Crippen molar-refractivity contribution in [3.8, 4) is 0 Å². The van der Waals surface area contributed by atoms with Crippen LogP contribution in [0.15, 0.2) is 0 Å². The first-order chi connectivity index (χ1) is 14.8. The molecule has 0 heterocycles. The summed E-state index contributed by atoms with van der Waals surface area (Å²) in [5.41, 5.74) is 0. The monoisotopic (exact) mass is 438 g/mol. The molecule has 2 N–H and O–H groups in total. The molecule has 0 spiro atoms. The van der Waals surface area contributed by atoms with Gasteiger partial charge in [0, 0.05) is 31.3 Å². The Labute approximate surface area is 191 Å². The molecule has 3 atom stereocenters. The first kappa shape index (κ1) is 29.6. The van der Waals surface area contributed by atoms with Crippen molar-refractivity contribution < 1.29 is 14.4 Å². The third-order valence-corrected chi connectivity index (χ3v) is 5.84. The summed E-state index contributed by atoms with van der Waals surface area (Å²) in [4.78, 5) is 36.9. The second-order valence-electron chi connectivity index (χ2n) is 9.44. The van der Waals surface area contributed by atoms with Crippen LogP contribution in [0.25, 0.3) is 0 Å². The van der Waals surface area contributed by atoms with Crippen LogP contribution >= 0.6 is 0 Å². The van der Waals surface area contributed by atoms with E-state index in [0.29, 0.717) is 25.2 Å². The molecule has 0 aromatic rings. The molecular weight excluding hydrogens is 388 g/mol. The van der Waals surface area contributed by atoms with Crippen molar-refractivity contribution in [3.05, 3.63) is 0 Å². The number of amides is 2. The molecule has 0 saturated carbocycles. The lowest BCUT2D eigenvalue weighted by molar-refractivity contribution is -0.124. The topological polar surface area (TPSA) is 75.3 Å². The molecule has 5 nitrogen and oxygen atoms in total. The zero-order chi connectivity index (χ0) is 23.5. The molecule has 0 rings (SSSR count). The summed E-state index contributed by atoms with van der Waals surface area (Å²) < 4.78 is 0. The van der Waals surface area contributed by atoms with Gasteiger partial charge in [-0.15, -0.1) is 0 Å². The fourth-order valence-electron chi connectivity index (χ4n) is 4.04. The van der Waals surface area contributed by atoms with Gasteiger partial charge in [-0.1, -0.05) is 91.9 Å². The van der Waals surface area contributed by atoms with E-state index in [1.807, 2.05) is 0 Å². The van der Waals surface area contributed by atoms with Crippen LogP contribution in [0.2, 0.25) is 0 Å². The third kappa shape index (κ3) is 17.9. The van der Waals surface area contributed by atoms with E-state index in [1.54, 1.807) is 6.92 Å². The summed E-state index contributed by atoms with van der Waals surface area (Å²) in [6, 6.07) is -0.224. The van der Waals surface area contributed by atoms with Crippen molar-refractivity contribution in [1.82, 2.24) is 10.6 Å². The lowest BCUT2D eigenvalue weighted by atomic mass is 9.98. The highest BCUT2D eigenvalue weighted by Gasteiger charge is 2.20. The minimum atomic E-state index is -0.129. The van der Waals surface area contributed by atoms with Crippen molar-refractivity contribution in [2.45, 2.75) is 143 Å². The minimum absolute atomic E-state index is 0.0551. The Kier molecular flexibility index (Phi) is 18.4. The number of unbranched alkanes of at least 4 members (excludes halogenated alkanes) is 6. The summed E-state index contributed by atoms with van der Waals surface area (Å²) in [6.07, 6.45) is 14.0. The van der Waals surface area contributed by atoms with Crippen LogP contribution in [0.5, 0.6) is 0 Å². The molecule has 0 bridgehead atoms. The fourth-order valence-corrected chi connectivity index (χ4v) is 4.04. The molecule has 0 aromatic carbocycles. The van der Waals surface area contributed by atoms with Gasteiger partial charge in [-0.3, -0.25) is 14.4 Å². The van der Waals surface area contributed by atoms with E-state index in [9.17, 15) is 14.4 Å². The summed E-state index contributed by atoms with van der Waals surface area (Å²) in [7, 11) is 0. The van der Waals surface area contributed by atoms with E-state index in [0.717, 1.165) is 57.8 Å². The predicted octanol–water partition coefficient (Wildman–Crippen LogP) is 6.09. The molecule has 0 aliphatic heterocycles. The van der Waals surface area contributed by atoms with Gasteiger partial charge in [0.1, 0.15) is 5.78 Å². The maximum Gasteiger partial charge on any atom is 0.222 e. The van der Waals surface area contributed by atoms with Crippen LogP contribution in [-0.2, 0) is 14.4 Å². The Bertz CT molecular complexity index is 493. The number of nitrogens with one attached hydrogen (secondary N) is 2. The van der Waals surface area contributed by atoms with Crippen molar-refractivity contribution >= 4 is 17.6 Å². The van der Waals surface area contributed by atoms with Crippen LogP contribution in [0, 0.1) is 5.92 Å². The second-order valence-corrected chi connectivity index (χ2v) is 9.44. The normalized spacial score (nSPS) is 14.0. The Morgan fingerprint density at radius 3 is 1.48 bits per heavy atom. The molecule has 0 aliphatic rings. The molecule has 0 aromatic heterocycles. The van der Waals surface area contributed by atoms with Gasteiger partial charge >= 0.3 is 0 Å². The maximum atomic E-state index is 12.7. The lowest BCUT2D eigenvalue weighted by Crippen LogP contribution is -2.42. The molecule has 3 unspecified atom stereocenters. The van der Waals surface area contributed by atoms with Gasteiger partial charge in [0.25, 0.3) is 0 Å². The highest BCUT2D eigenvalue weighted by atomic mass is 16.2. The van der Waals surface area contributed by atoms with Gasteiger partial charge in [0.2, 0.25) is 11.8 Å². The van der Waals surface area contributed by atoms with Crippen molar-refractivity contribution in [2.75, 3.05) is 0 Å². The summed E-state index contributed by atoms with van der Waals surface area (Å²) in [5, 5.41) is 6.19. The van der Waals surface area contributed by atoms with E-state index >= 15 is 0 Å². The standard InChI is InChI=1S/C26H50N2O3/c1-6-9-12-15-21(4)18-25(30)28-24(17-14-11-8-3)20-26(31)27-23(19-22(5)29)16-13-10-7-2/h21,23-24H,6-20H2,1-5H3,(H,27,31)(H,28,30). The largest absolute Gasteiger partial charge is 0.353 e. The highest BCUT2D eigenvalue weighted by molar-refractivity contribution is 5.81. The van der Waals surface area contributed by atoms with E-state index < -0.39 is 0 Å². The molecule has 0 saturated heterocycles. The number of hydrogen-bond donors (Lipinski definition) is 2. The van der Waals surface area contributed by atoms with E-state index in [4.69, 9.17) is 0 Å². The second kappa shape index (κ2) is 19.3. The van der Waals surface area contributed by atoms with Gasteiger partial charge in [0.15, 0.2) is 0 Å². The van der Waals surface area contributed by atoms with Crippen LogP contribution in [0.1, 0.15) is 131 Å². The van der Waals surface area contributed by atoms with E-state index in [1.165, 1.54) is 19.3 Å². The smallest absolute Gasteiger partial charge is 0.222 e. The number of carbonyl (C=O) groups is 3. The van der Waals surface area contributed by atoms with Crippen molar-refractivity contribution in [3.63, 3.8) is 0 Å². The van der Waals surface area contributed by atoms with Gasteiger partial charge in [-0.2, -0.15) is 0 Å². The number of hydrogen-bond acceptors (Lipinski definition) is 3. The zero-order valence-corrected chi connectivity index (χ0v) is 21.1. The Morgan fingerprint density at radius 2 is 1.03 bits per heavy atom. The molecule has 0 radical (unpaired) electrons. The van der Waals surface area contributed by atoms with Crippen LogP contribution in [-0.4, -0.2) is 29.7 Å². The molecule has 0 fully saturated rings. The molecule has 0 aliphatic carbocycles. The maximum absolute atomic E-state index is 12.7. The molecule has 182 valence electrons. The number of carbonyl (C=O) groups excluding carboxylic acids is 3. The Hall–Kier alpha value is -1.39. The Balaban J connectivity index is 4.73. The van der Waals surface area contributed by atoms with Crippen LogP contribution < -0.4 is 10.6 Å². The highest BCUT2D eigenvalue weighted by Crippen LogP contribution is 2.14. The van der Waals surface area contributed by atoms with Crippen LogP contribution in [0.4, 0.5) is 0 Å². The SMILES string of the molecule is CCCCCC(C)CC(=O)NC(CCCCC)CC(=O)NC(CCCCC)CC(C)=O. The van der Waals surface area contributed by atoms with Crippen LogP contribution in [0.3, 0.4) is 0 Å². The number of ketones is 1. The zero-order valence-electron chi connectivity index (χ0n) is 21.1.